The molecule has 0 radical (unpaired) electrons. The van der Waals surface area contributed by atoms with Crippen LogP contribution >= 0.6 is 0 Å². The summed E-state index contributed by atoms with van der Waals surface area (Å²) in [6.07, 6.45) is 1.99. The van der Waals surface area contributed by atoms with Crippen LogP contribution in [0.2, 0.25) is 0 Å². The fraction of sp³-hybridized carbons (Fsp3) is 0.333. The van der Waals surface area contributed by atoms with Crippen molar-refractivity contribution in [2.75, 3.05) is 5.43 Å². The van der Waals surface area contributed by atoms with Gasteiger partial charge in [0.05, 0.1) is 5.69 Å². The highest BCUT2D eigenvalue weighted by Crippen LogP contribution is 2.19. The maximum atomic E-state index is 10.6. The average Bonchev–Trinajstić information content (AvgIpc) is 2.14. The molecule has 0 unspecified atom stereocenters. The second kappa shape index (κ2) is 4.57. The third kappa shape index (κ3) is 2.43. The Balaban J connectivity index is 2.85. The number of aromatic nitrogens is 1. The van der Waals surface area contributed by atoms with E-state index in [1.165, 1.54) is 6.20 Å². The Hall–Kier alpha value is -1.62. The second-order valence-electron chi connectivity index (χ2n) is 3.14. The lowest BCUT2D eigenvalue weighted by molar-refractivity contribution is 0.112. The number of hydrogen-bond acceptors (Lipinski definition) is 5. The molecule has 1 aromatic heterocycles. The average molecular weight is 195 g/mol. The number of aromatic hydroxyl groups is 1. The van der Waals surface area contributed by atoms with Gasteiger partial charge in [-0.3, -0.25) is 4.79 Å². The molecule has 3 N–H and O–H groups in total. The molecule has 76 valence electrons. The van der Waals surface area contributed by atoms with Crippen molar-refractivity contribution in [2.24, 2.45) is 0 Å². The quantitative estimate of drug-likeness (QED) is 0.492. The van der Waals surface area contributed by atoms with Crippen molar-refractivity contribution < 1.29 is 9.90 Å². The van der Waals surface area contributed by atoms with Gasteiger partial charge >= 0.3 is 0 Å². The van der Waals surface area contributed by atoms with Crippen molar-refractivity contribution in [1.82, 2.24) is 10.4 Å². The van der Waals surface area contributed by atoms with E-state index in [-0.39, 0.29) is 17.5 Å². The first-order valence-electron chi connectivity index (χ1n) is 4.30. The van der Waals surface area contributed by atoms with Crippen molar-refractivity contribution in [1.29, 1.82) is 0 Å². The molecule has 0 amide bonds. The van der Waals surface area contributed by atoms with E-state index >= 15 is 0 Å². The van der Waals surface area contributed by atoms with E-state index in [0.29, 0.717) is 12.0 Å². The van der Waals surface area contributed by atoms with Gasteiger partial charge in [0.15, 0.2) is 6.29 Å². The molecule has 0 fully saturated rings. The number of rotatable bonds is 4. The van der Waals surface area contributed by atoms with E-state index in [9.17, 15) is 9.90 Å². The molecule has 0 aromatic carbocycles. The normalized spacial score (nSPS) is 10.2. The van der Waals surface area contributed by atoms with Crippen LogP contribution in [0.5, 0.6) is 5.88 Å². The zero-order valence-electron chi connectivity index (χ0n) is 8.11. The van der Waals surface area contributed by atoms with E-state index < -0.39 is 0 Å². The Morgan fingerprint density at radius 3 is 2.86 bits per heavy atom. The summed E-state index contributed by atoms with van der Waals surface area (Å²) in [5.41, 5.74) is 6.41. The van der Waals surface area contributed by atoms with Gasteiger partial charge in [-0.25, -0.2) is 10.4 Å². The highest BCUT2D eigenvalue weighted by Gasteiger charge is 2.07. The molecule has 5 nitrogen and oxygen atoms in total. The molecule has 1 aromatic rings. The fourth-order valence-corrected chi connectivity index (χ4v) is 0.909. The number of pyridine rings is 1. The molecule has 0 saturated heterocycles. The van der Waals surface area contributed by atoms with Crippen LogP contribution in [0.1, 0.15) is 24.2 Å². The van der Waals surface area contributed by atoms with E-state index in [4.69, 9.17) is 0 Å². The molecule has 1 heterocycles. The van der Waals surface area contributed by atoms with E-state index in [0.717, 1.165) is 0 Å². The predicted molar refractivity (Wildman–Crippen MR) is 53.2 cm³/mol. The molecule has 0 aliphatic carbocycles. The van der Waals surface area contributed by atoms with Gasteiger partial charge in [0.25, 0.3) is 0 Å². The van der Waals surface area contributed by atoms with Crippen LogP contribution in [0.15, 0.2) is 12.3 Å². The Kier molecular flexibility index (Phi) is 3.41. The molecule has 0 aliphatic rings. The summed E-state index contributed by atoms with van der Waals surface area (Å²) < 4.78 is 0. The number of anilines is 1. The number of aldehydes is 1. The molecule has 0 aliphatic heterocycles. The highest BCUT2D eigenvalue weighted by atomic mass is 16.3. The first kappa shape index (κ1) is 10.5. The maximum absolute atomic E-state index is 10.6. The fourth-order valence-electron chi connectivity index (χ4n) is 0.909. The zero-order chi connectivity index (χ0) is 10.6. The Labute approximate surface area is 82.1 Å². The van der Waals surface area contributed by atoms with Crippen molar-refractivity contribution in [3.63, 3.8) is 0 Å². The first-order valence-corrected chi connectivity index (χ1v) is 4.30. The summed E-state index contributed by atoms with van der Waals surface area (Å²) in [7, 11) is 0. The van der Waals surface area contributed by atoms with Crippen molar-refractivity contribution >= 4 is 12.0 Å². The summed E-state index contributed by atoms with van der Waals surface area (Å²) in [5.74, 6) is -0.268. The molecular formula is C9H13N3O2. The molecule has 0 spiro atoms. The van der Waals surface area contributed by atoms with Crippen molar-refractivity contribution in [3.8, 4) is 5.88 Å². The number of hydrogen-bond donors (Lipinski definition) is 3. The largest absolute Gasteiger partial charge is 0.493 e. The van der Waals surface area contributed by atoms with Gasteiger partial charge in [-0.05, 0) is 19.9 Å². The van der Waals surface area contributed by atoms with Crippen LogP contribution in [-0.2, 0) is 0 Å². The topological polar surface area (TPSA) is 74.2 Å². The molecule has 0 saturated carbocycles. The van der Waals surface area contributed by atoms with Gasteiger partial charge in [0.2, 0.25) is 5.88 Å². The third-order valence-corrected chi connectivity index (χ3v) is 1.58. The SMILES string of the molecule is CC(C)NNc1ccnc(O)c1C=O. The van der Waals surface area contributed by atoms with Gasteiger partial charge in [-0.15, -0.1) is 0 Å². The minimum Gasteiger partial charge on any atom is -0.493 e. The van der Waals surface area contributed by atoms with Crippen LogP contribution in [-0.4, -0.2) is 22.4 Å². The number of carbonyl (C=O) groups excluding carboxylic acids is 1. The maximum Gasteiger partial charge on any atom is 0.223 e. The molecule has 0 bridgehead atoms. The van der Waals surface area contributed by atoms with Gasteiger partial charge in [-0.1, -0.05) is 0 Å². The standard InChI is InChI=1S/C9H13N3O2/c1-6(2)11-12-8-3-4-10-9(14)7(8)5-13/h3-6,11H,1-2H3,(H2,10,12,14). The monoisotopic (exact) mass is 195 g/mol. The number of nitrogens with zero attached hydrogens (tertiary/aromatic N) is 1. The summed E-state index contributed by atoms with van der Waals surface area (Å²) in [6, 6.07) is 1.84. The molecule has 5 heteroatoms. The lowest BCUT2D eigenvalue weighted by Gasteiger charge is -2.12. The molecular weight excluding hydrogens is 182 g/mol. The highest BCUT2D eigenvalue weighted by molar-refractivity contribution is 5.86. The minimum atomic E-state index is -0.268. The van der Waals surface area contributed by atoms with Gasteiger partial charge in [0.1, 0.15) is 5.56 Å². The second-order valence-corrected chi connectivity index (χ2v) is 3.14. The zero-order valence-corrected chi connectivity index (χ0v) is 8.11. The lowest BCUT2D eigenvalue weighted by Crippen LogP contribution is -2.29. The van der Waals surface area contributed by atoms with Crippen LogP contribution in [0, 0.1) is 0 Å². The van der Waals surface area contributed by atoms with Gasteiger partial charge in [-0.2, -0.15) is 0 Å². The summed E-state index contributed by atoms with van der Waals surface area (Å²) in [6.45, 7) is 3.91. The number of nitrogens with one attached hydrogen (secondary N) is 2. The third-order valence-electron chi connectivity index (χ3n) is 1.58. The van der Waals surface area contributed by atoms with Gasteiger partial charge in [0, 0.05) is 12.2 Å². The summed E-state index contributed by atoms with van der Waals surface area (Å²) in [4.78, 5) is 14.2. The smallest absolute Gasteiger partial charge is 0.223 e. The van der Waals surface area contributed by atoms with E-state index in [1.807, 2.05) is 13.8 Å². The molecule has 14 heavy (non-hydrogen) atoms. The number of carbonyl (C=O) groups is 1. The van der Waals surface area contributed by atoms with Crippen molar-refractivity contribution in [3.05, 3.63) is 17.8 Å². The van der Waals surface area contributed by atoms with Gasteiger partial charge < -0.3 is 10.5 Å². The molecule has 0 atom stereocenters. The Morgan fingerprint density at radius 2 is 2.29 bits per heavy atom. The van der Waals surface area contributed by atoms with E-state index in [1.54, 1.807) is 6.07 Å². The lowest BCUT2D eigenvalue weighted by atomic mass is 10.2. The number of hydrazine groups is 1. The van der Waals surface area contributed by atoms with E-state index in [2.05, 4.69) is 15.8 Å². The first-order chi connectivity index (χ1) is 6.65. The van der Waals surface area contributed by atoms with Crippen LogP contribution in [0.4, 0.5) is 5.69 Å². The summed E-state index contributed by atoms with van der Waals surface area (Å²) in [5, 5.41) is 9.25. The van der Waals surface area contributed by atoms with Crippen LogP contribution in [0.3, 0.4) is 0 Å². The predicted octanol–water partition coefficient (Wildman–Crippen LogP) is 0.925. The Morgan fingerprint density at radius 1 is 1.57 bits per heavy atom. The minimum absolute atomic E-state index is 0.153. The van der Waals surface area contributed by atoms with Crippen molar-refractivity contribution in [2.45, 2.75) is 19.9 Å². The van der Waals surface area contributed by atoms with Crippen LogP contribution < -0.4 is 10.9 Å². The summed E-state index contributed by atoms with van der Waals surface area (Å²) >= 11 is 0. The van der Waals surface area contributed by atoms with Crippen LogP contribution in [0.25, 0.3) is 0 Å². The Bertz CT molecular complexity index is 326. The molecule has 1 rings (SSSR count).